The third-order valence-electron chi connectivity index (χ3n) is 6.19. The van der Waals surface area contributed by atoms with Crippen molar-refractivity contribution in [2.24, 2.45) is 0 Å². The van der Waals surface area contributed by atoms with Crippen LogP contribution in [0.2, 0.25) is 0 Å². The van der Waals surface area contributed by atoms with Crippen molar-refractivity contribution < 1.29 is 13.9 Å². The standard InChI is InChI=1S/C27H22N2O4S/c1-16(30)28-21-10-9-18(27-25(21)20-5-2-3-8-23(20)34-27)17-6-4-7-19-22(31)15-24(33-26(17)19)29-11-13-32-14-12-29/h2-10,15H,11-14H2,1H3,(H,28,30). The summed E-state index contributed by atoms with van der Waals surface area (Å²) in [6.45, 7) is 4.10. The Morgan fingerprint density at radius 1 is 0.971 bits per heavy atom. The molecule has 3 heterocycles. The van der Waals surface area contributed by atoms with Crippen LogP contribution in [0, 0.1) is 0 Å². The van der Waals surface area contributed by atoms with E-state index in [2.05, 4.69) is 22.3 Å². The first kappa shape index (κ1) is 20.9. The number of hydrogen-bond donors (Lipinski definition) is 1. The van der Waals surface area contributed by atoms with Gasteiger partial charge in [-0.1, -0.05) is 36.4 Å². The van der Waals surface area contributed by atoms with E-state index in [4.69, 9.17) is 9.15 Å². The average Bonchev–Trinajstić information content (AvgIpc) is 3.24. The van der Waals surface area contributed by atoms with Gasteiger partial charge in [-0.25, -0.2) is 0 Å². The summed E-state index contributed by atoms with van der Waals surface area (Å²) >= 11 is 1.67. The monoisotopic (exact) mass is 470 g/mol. The normalized spacial score (nSPS) is 14.2. The SMILES string of the molecule is CC(=O)Nc1ccc(-c2cccc3c(=O)cc(N4CCOCC4)oc23)c2sc3ccccc3c12. The maximum atomic E-state index is 13.0. The number of nitrogens with zero attached hydrogens (tertiary/aromatic N) is 1. The fourth-order valence-corrected chi connectivity index (χ4v) is 5.91. The number of para-hydroxylation sites is 1. The van der Waals surface area contributed by atoms with Crippen LogP contribution in [0.1, 0.15) is 6.92 Å². The summed E-state index contributed by atoms with van der Waals surface area (Å²) in [5.41, 5.74) is 3.11. The number of thiophene rings is 1. The minimum Gasteiger partial charge on any atom is -0.440 e. The number of anilines is 2. The molecule has 0 aliphatic carbocycles. The molecule has 0 atom stereocenters. The summed E-state index contributed by atoms with van der Waals surface area (Å²) in [6, 6.07) is 19.4. The van der Waals surface area contributed by atoms with E-state index < -0.39 is 0 Å². The molecule has 1 aliphatic heterocycles. The van der Waals surface area contributed by atoms with Crippen molar-refractivity contribution in [2.75, 3.05) is 36.5 Å². The van der Waals surface area contributed by atoms with Crippen molar-refractivity contribution >= 4 is 60.0 Å². The molecule has 5 aromatic rings. The first-order chi connectivity index (χ1) is 16.6. The molecule has 0 radical (unpaired) electrons. The lowest BCUT2D eigenvalue weighted by atomic mass is 9.99. The van der Waals surface area contributed by atoms with Gasteiger partial charge >= 0.3 is 0 Å². The molecule has 0 unspecified atom stereocenters. The smallest absolute Gasteiger partial charge is 0.221 e. The lowest BCUT2D eigenvalue weighted by Gasteiger charge is -2.27. The zero-order chi connectivity index (χ0) is 23.2. The van der Waals surface area contributed by atoms with Crippen LogP contribution in [0.25, 0.3) is 42.3 Å². The van der Waals surface area contributed by atoms with Gasteiger partial charge in [0.1, 0.15) is 5.58 Å². The number of fused-ring (bicyclic) bond motifs is 4. The minimum absolute atomic E-state index is 0.0629. The number of ether oxygens (including phenoxy) is 1. The van der Waals surface area contributed by atoms with E-state index in [0.717, 1.165) is 37.0 Å². The van der Waals surface area contributed by atoms with Gasteiger partial charge in [-0.05, 0) is 18.2 Å². The third-order valence-corrected chi connectivity index (χ3v) is 7.40. The Hall–Kier alpha value is -3.68. The van der Waals surface area contributed by atoms with E-state index in [9.17, 15) is 9.59 Å². The van der Waals surface area contributed by atoms with Crippen molar-refractivity contribution in [3.8, 4) is 11.1 Å². The first-order valence-electron chi connectivity index (χ1n) is 11.2. The van der Waals surface area contributed by atoms with Crippen LogP contribution in [0.4, 0.5) is 11.6 Å². The maximum Gasteiger partial charge on any atom is 0.221 e. The molecule has 7 heteroatoms. The summed E-state index contributed by atoms with van der Waals surface area (Å²) in [6.07, 6.45) is 0. The second kappa shape index (κ2) is 8.27. The highest BCUT2D eigenvalue weighted by Gasteiger charge is 2.20. The van der Waals surface area contributed by atoms with Crippen molar-refractivity contribution in [3.05, 3.63) is 70.9 Å². The topological polar surface area (TPSA) is 71.8 Å². The number of carbonyl (C=O) groups is 1. The Morgan fingerprint density at radius 3 is 2.59 bits per heavy atom. The van der Waals surface area contributed by atoms with Gasteiger partial charge in [0.15, 0.2) is 11.3 Å². The van der Waals surface area contributed by atoms with E-state index >= 15 is 0 Å². The van der Waals surface area contributed by atoms with Gasteiger partial charge < -0.3 is 19.4 Å². The zero-order valence-electron chi connectivity index (χ0n) is 18.6. The second-order valence-corrected chi connectivity index (χ2v) is 9.43. The highest BCUT2D eigenvalue weighted by atomic mass is 32.1. The molecular formula is C27H22N2O4S. The lowest BCUT2D eigenvalue weighted by molar-refractivity contribution is -0.114. The number of carbonyl (C=O) groups excluding carboxylic acids is 1. The van der Waals surface area contributed by atoms with Crippen molar-refractivity contribution in [2.45, 2.75) is 6.92 Å². The predicted octanol–water partition coefficient (Wildman–Crippen LogP) is 5.62. The van der Waals surface area contributed by atoms with Gasteiger partial charge in [0, 0.05) is 57.4 Å². The number of morpholine rings is 1. The molecule has 1 N–H and O–H groups in total. The van der Waals surface area contributed by atoms with Crippen LogP contribution >= 0.6 is 11.3 Å². The van der Waals surface area contributed by atoms with Crippen molar-refractivity contribution in [3.63, 3.8) is 0 Å². The average molecular weight is 471 g/mol. The van der Waals surface area contributed by atoms with Crippen molar-refractivity contribution in [1.29, 1.82) is 0 Å². The molecule has 2 aromatic heterocycles. The van der Waals surface area contributed by atoms with Crippen molar-refractivity contribution in [1.82, 2.24) is 0 Å². The van der Waals surface area contributed by atoms with Crippen LogP contribution in [0.3, 0.4) is 0 Å². The Balaban J connectivity index is 1.63. The molecule has 6 nitrogen and oxygen atoms in total. The molecule has 1 amide bonds. The van der Waals surface area contributed by atoms with E-state index in [1.54, 1.807) is 17.4 Å². The molecule has 170 valence electrons. The lowest BCUT2D eigenvalue weighted by Crippen LogP contribution is -2.36. The molecule has 0 spiro atoms. The zero-order valence-corrected chi connectivity index (χ0v) is 19.4. The molecule has 0 bridgehead atoms. The van der Waals surface area contributed by atoms with E-state index in [0.29, 0.717) is 43.2 Å². The highest BCUT2D eigenvalue weighted by Crippen LogP contribution is 2.45. The summed E-state index contributed by atoms with van der Waals surface area (Å²) in [5.74, 6) is 0.450. The fraction of sp³-hybridized carbons (Fsp3) is 0.185. The number of rotatable bonds is 3. The number of nitrogens with one attached hydrogen (secondary N) is 1. The fourth-order valence-electron chi connectivity index (χ4n) is 4.65. The molecule has 0 saturated carbocycles. The summed E-state index contributed by atoms with van der Waals surface area (Å²) in [4.78, 5) is 27.0. The van der Waals surface area contributed by atoms with E-state index in [1.807, 2.05) is 42.5 Å². The third kappa shape index (κ3) is 3.45. The number of benzene rings is 3. The first-order valence-corrected chi connectivity index (χ1v) is 12.0. The summed E-state index contributed by atoms with van der Waals surface area (Å²) < 4.78 is 14.0. The molecule has 1 saturated heterocycles. The van der Waals surface area contributed by atoms with Gasteiger partial charge in [-0.15, -0.1) is 11.3 Å². The molecular weight excluding hydrogens is 448 g/mol. The Kier molecular flexibility index (Phi) is 5.08. The summed E-state index contributed by atoms with van der Waals surface area (Å²) in [7, 11) is 0. The van der Waals surface area contributed by atoms with Crippen LogP contribution in [0.15, 0.2) is 69.9 Å². The molecule has 1 aliphatic rings. The van der Waals surface area contributed by atoms with E-state index in [1.165, 1.54) is 6.92 Å². The number of hydrogen-bond acceptors (Lipinski definition) is 6. The van der Waals surface area contributed by atoms with Gasteiger partial charge in [-0.3, -0.25) is 9.59 Å². The van der Waals surface area contributed by atoms with Gasteiger partial charge in [-0.2, -0.15) is 0 Å². The van der Waals surface area contributed by atoms with Crippen LogP contribution in [-0.2, 0) is 9.53 Å². The molecule has 1 fully saturated rings. The summed E-state index contributed by atoms with van der Waals surface area (Å²) in [5, 5.41) is 5.61. The predicted molar refractivity (Wildman–Crippen MR) is 138 cm³/mol. The quantitative estimate of drug-likeness (QED) is 0.370. The Bertz CT molecular complexity index is 1630. The van der Waals surface area contributed by atoms with Gasteiger partial charge in [0.05, 0.1) is 24.3 Å². The second-order valence-electron chi connectivity index (χ2n) is 8.37. The van der Waals surface area contributed by atoms with Crippen LogP contribution in [-0.4, -0.2) is 32.2 Å². The van der Waals surface area contributed by atoms with Crippen LogP contribution < -0.4 is 15.6 Å². The largest absolute Gasteiger partial charge is 0.440 e. The van der Waals surface area contributed by atoms with E-state index in [-0.39, 0.29) is 11.3 Å². The molecule has 34 heavy (non-hydrogen) atoms. The Morgan fingerprint density at radius 2 is 1.76 bits per heavy atom. The van der Waals surface area contributed by atoms with Crippen LogP contribution in [0.5, 0.6) is 0 Å². The Labute approximate surface area is 199 Å². The maximum absolute atomic E-state index is 13.0. The van der Waals surface area contributed by atoms with Gasteiger partial charge in [0.2, 0.25) is 5.91 Å². The minimum atomic E-state index is -0.115. The molecule has 3 aromatic carbocycles. The highest BCUT2D eigenvalue weighted by molar-refractivity contribution is 7.26. The molecule has 6 rings (SSSR count). The number of amides is 1. The van der Waals surface area contributed by atoms with Gasteiger partial charge in [0.25, 0.3) is 0 Å².